The Labute approximate surface area is 117 Å². The number of carboxylic acid groups (broad SMARTS) is 1. The summed E-state index contributed by atoms with van der Waals surface area (Å²) in [7, 11) is -3.05. The van der Waals surface area contributed by atoms with Gasteiger partial charge >= 0.3 is 5.97 Å². The Morgan fingerprint density at radius 2 is 1.80 bits per heavy atom. The number of hydrogen-bond acceptors (Lipinski definition) is 4. The molecule has 2 aliphatic carbocycles. The Morgan fingerprint density at radius 3 is 2.35 bits per heavy atom. The van der Waals surface area contributed by atoms with E-state index in [1.165, 1.54) is 0 Å². The normalized spacial score (nSPS) is 40.9. The molecule has 0 radical (unpaired) electrons. The van der Waals surface area contributed by atoms with Gasteiger partial charge in [0.2, 0.25) is 5.91 Å². The molecule has 3 aliphatic rings. The fourth-order valence-corrected chi connectivity index (χ4v) is 5.40. The zero-order valence-electron chi connectivity index (χ0n) is 10.9. The molecular weight excluding hydrogens is 282 g/mol. The van der Waals surface area contributed by atoms with Gasteiger partial charge in [0.25, 0.3) is 0 Å². The predicted octanol–water partition coefficient (Wildman–Crippen LogP) is -0.187. The molecule has 0 aromatic rings. The van der Waals surface area contributed by atoms with Gasteiger partial charge in [0, 0.05) is 6.04 Å². The molecule has 1 amide bonds. The van der Waals surface area contributed by atoms with Crippen LogP contribution in [0.25, 0.3) is 0 Å². The number of allylic oxidation sites excluding steroid dienone is 2. The fourth-order valence-electron chi connectivity index (χ4n) is 3.72. The second-order valence-corrected chi connectivity index (χ2v) is 8.18. The Morgan fingerprint density at radius 1 is 1.15 bits per heavy atom. The largest absolute Gasteiger partial charge is 0.481 e. The third kappa shape index (κ3) is 2.24. The van der Waals surface area contributed by atoms with Gasteiger partial charge in [0.1, 0.15) is 0 Å². The van der Waals surface area contributed by atoms with Gasteiger partial charge in [0.05, 0.1) is 23.3 Å². The first-order chi connectivity index (χ1) is 9.37. The van der Waals surface area contributed by atoms with Crippen molar-refractivity contribution in [1.29, 1.82) is 0 Å². The zero-order valence-corrected chi connectivity index (χ0v) is 11.7. The van der Waals surface area contributed by atoms with Crippen LogP contribution in [0.2, 0.25) is 0 Å². The number of carbonyl (C=O) groups excluding carboxylic acids is 1. The molecule has 2 fully saturated rings. The fraction of sp³-hybridized carbons (Fsp3) is 0.692. The van der Waals surface area contributed by atoms with Crippen LogP contribution in [-0.4, -0.2) is 42.9 Å². The first-order valence-corrected chi connectivity index (χ1v) is 8.61. The van der Waals surface area contributed by atoms with Crippen LogP contribution in [0.15, 0.2) is 12.2 Å². The topological polar surface area (TPSA) is 101 Å². The third-order valence-electron chi connectivity index (χ3n) is 4.63. The van der Waals surface area contributed by atoms with Gasteiger partial charge in [-0.1, -0.05) is 12.2 Å². The zero-order chi connectivity index (χ0) is 14.5. The van der Waals surface area contributed by atoms with Crippen LogP contribution in [0.4, 0.5) is 0 Å². The van der Waals surface area contributed by atoms with E-state index in [4.69, 9.17) is 0 Å². The van der Waals surface area contributed by atoms with E-state index in [0.29, 0.717) is 12.8 Å². The van der Waals surface area contributed by atoms with Crippen LogP contribution < -0.4 is 5.32 Å². The van der Waals surface area contributed by atoms with Gasteiger partial charge in [-0.15, -0.1) is 0 Å². The first-order valence-electron chi connectivity index (χ1n) is 6.79. The van der Waals surface area contributed by atoms with Crippen molar-refractivity contribution in [2.45, 2.75) is 18.9 Å². The summed E-state index contributed by atoms with van der Waals surface area (Å²) in [6.45, 7) is 0. The minimum Gasteiger partial charge on any atom is -0.481 e. The molecule has 0 aromatic carbocycles. The van der Waals surface area contributed by atoms with Crippen molar-refractivity contribution in [2.24, 2.45) is 23.7 Å². The molecule has 20 heavy (non-hydrogen) atoms. The Hall–Kier alpha value is -1.37. The molecule has 1 heterocycles. The number of sulfone groups is 1. The summed E-state index contributed by atoms with van der Waals surface area (Å²) < 4.78 is 22.8. The second kappa shape index (κ2) is 4.58. The van der Waals surface area contributed by atoms with E-state index in [-0.39, 0.29) is 35.3 Å². The molecule has 1 aliphatic heterocycles. The number of fused-ring (bicyclic) bond motifs is 2. The minimum atomic E-state index is -3.05. The lowest BCUT2D eigenvalue weighted by molar-refractivity contribution is -0.147. The van der Waals surface area contributed by atoms with Crippen molar-refractivity contribution in [3.8, 4) is 0 Å². The maximum Gasteiger partial charge on any atom is 0.307 e. The van der Waals surface area contributed by atoms with Gasteiger partial charge in [-0.25, -0.2) is 8.42 Å². The monoisotopic (exact) mass is 299 g/mol. The highest BCUT2D eigenvalue weighted by Gasteiger charge is 2.52. The summed E-state index contributed by atoms with van der Waals surface area (Å²) in [6, 6.07) is -0.370. The molecule has 0 spiro atoms. The van der Waals surface area contributed by atoms with Gasteiger partial charge in [-0.05, 0) is 24.7 Å². The number of aliphatic carboxylic acids is 1. The van der Waals surface area contributed by atoms with Crippen molar-refractivity contribution in [1.82, 2.24) is 5.32 Å². The van der Waals surface area contributed by atoms with Crippen LogP contribution >= 0.6 is 0 Å². The van der Waals surface area contributed by atoms with Crippen molar-refractivity contribution >= 4 is 21.7 Å². The van der Waals surface area contributed by atoms with Crippen LogP contribution in [0, 0.1) is 23.7 Å². The molecule has 0 aromatic heterocycles. The quantitative estimate of drug-likeness (QED) is 0.704. The summed E-state index contributed by atoms with van der Waals surface area (Å²) in [4.78, 5) is 23.7. The van der Waals surface area contributed by atoms with Crippen LogP contribution in [0.1, 0.15) is 12.8 Å². The van der Waals surface area contributed by atoms with E-state index < -0.39 is 27.6 Å². The highest BCUT2D eigenvalue weighted by molar-refractivity contribution is 7.91. The number of carbonyl (C=O) groups is 2. The SMILES string of the molecule is O=C(N[C@H]1CCS(=O)(=O)C1)[C@@H]1[C@H](C(=O)O)[C@H]2C=C[C@H]1C2. The average molecular weight is 299 g/mol. The van der Waals surface area contributed by atoms with Gasteiger partial charge in [0.15, 0.2) is 9.84 Å². The van der Waals surface area contributed by atoms with E-state index in [9.17, 15) is 23.1 Å². The number of nitrogens with one attached hydrogen (secondary N) is 1. The van der Waals surface area contributed by atoms with Crippen LogP contribution in [-0.2, 0) is 19.4 Å². The Balaban J connectivity index is 1.71. The molecule has 1 saturated carbocycles. The molecule has 1 saturated heterocycles. The van der Waals surface area contributed by atoms with Crippen molar-refractivity contribution in [3.05, 3.63) is 12.2 Å². The number of amides is 1. The van der Waals surface area contributed by atoms with Gasteiger partial charge in [-0.2, -0.15) is 0 Å². The van der Waals surface area contributed by atoms with E-state index in [1.807, 2.05) is 12.2 Å². The van der Waals surface area contributed by atoms with Crippen molar-refractivity contribution in [3.63, 3.8) is 0 Å². The lowest BCUT2D eigenvalue weighted by Gasteiger charge is -2.25. The maximum absolute atomic E-state index is 12.3. The molecule has 0 unspecified atom stereocenters. The molecule has 110 valence electrons. The summed E-state index contributed by atoms with van der Waals surface area (Å²) in [5, 5.41) is 12.0. The molecule has 6 nitrogen and oxygen atoms in total. The van der Waals surface area contributed by atoms with Gasteiger partial charge in [-0.3, -0.25) is 9.59 Å². The summed E-state index contributed by atoms with van der Waals surface area (Å²) in [5.41, 5.74) is 0. The Kier molecular flexibility index (Phi) is 3.12. The lowest BCUT2D eigenvalue weighted by atomic mass is 9.82. The summed E-state index contributed by atoms with van der Waals surface area (Å²) in [6.07, 6.45) is 4.92. The summed E-state index contributed by atoms with van der Waals surface area (Å²) >= 11 is 0. The first kappa shape index (κ1) is 13.6. The van der Waals surface area contributed by atoms with Crippen LogP contribution in [0.5, 0.6) is 0 Å². The lowest BCUT2D eigenvalue weighted by Crippen LogP contribution is -2.44. The number of rotatable bonds is 3. The standard InChI is InChI=1S/C13H17NO5S/c15-12(14-9-3-4-20(18,19)6-9)10-7-1-2-8(5-7)11(10)13(16)17/h1-2,7-11H,3-6H2,(H,14,15)(H,16,17)/t7-,8-,9-,10-,11+/m0/s1. The van der Waals surface area contributed by atoms with Crippen LogP contribution in [0.3, 0.4) is 0 Å². The highest BCUT2D eigenvalue weighted by Crippen LogP contribution is 2.48. The summed E-state index contributed by atoms with van der Waals surface area (Å²) in [5.74, 6) is -2.53. The molecule has 2 bridgehead atoms. The van der Waals surface area contributed by atoms with Crippen molar-refractivity contribution in [2.75, 3.05) is 11.5 Å². The predicted molar refractivity (Wildman–Crippen MR) is 70.6 cm³/mol. The molecule has 3 rings (SSSR count). The Bertz CT molecular complexity index is 582. The molecular formula is C13H17NO5S. The van der Waals surface area contributed by atoms with E-state index in [2.05, 4.69) is 5.32 Å². The number of hydrogen-bond donors (Lipinski definition) is 2. The smallest absolute Gasteiger partial charge is 0.307 e. The third-order valence-corrected chi connectivity index (χ3v) is 6.39. The molecule has 7 heteroatoms. The van der Waals surface area contributed by atoms with E-state index in [1.54, 1.807) is 0 Å². The van der Waals surface area contributed by atoms with Crippen molar-refractivity contribution < 1.29 is 23.1 Å². The average Bonchev–Trinajstić information content (AvgIpc) is 3.02. The second-order valence-electron chi connectivity index (χ2n) is 5.95. The maximum atomic E-state index is 12.3. The van der Waals surface area contributed by atoms with E-state index in [0.717, 1.165) is 0 Å². The highest BCUT2D eigenvalue weighted by atomic mass is 32.2. The molecule has 5 atom stereocenters. The van der Waals surface area contributed by atoms with E-state index >= 15 is 0 Å². The van der Waals surface area contributed by atoms with Gasteiger partial charge < -0.3 is 10.4 Å². The number of carboxylic acids is 1. The minimum absolute atomic E-state index is 0.0286. The molecule has 2 N–H and O–H groups in total.